The quantitative estimate of drug-likeness (QED) is 0.797. The van der Waals surface area contributed by atoms with Gasteiger partial charge in [0.25, 0.3) is 0 Å². The van der Waals surface area contributed by atoms with E-state index in [1.54, 1.807) is 0 Å². The van der Waals surface area contributed by atoms with E-state index in [0.717, 1.165) is 43.1 Å². The average Bonchev–Trinajstić information content (AvgIpc) is 3.14. The standard InChI is InChI=1S/C16H21NO4/c1-11(16(18)19-2)7-12-5-6-17(9-12)13-3-4-14-15(8-13)21-10-20-14/h3-4,8,11-12H,5-7,9-10H2,1-2H3. The highest BCUT2D eigenvalue weighted by Gasteiger charge is 2.27. The van der Waals surface area contributed by atoms with Gasteiger partial charge in [0.15, 0.2) is 11.5 Å². The highest BCUT2D eigenvalue weighted by atomic mass is 16.7. The first-order chi connectivity index (χ1) is 10.2. The van der Waals surface area contributed by atoms with Crippen LogP contribution in [0.5, 0.6) is 11.5 Å². The molecule has 0 saturated carbocycles. The molecule has 1 saturated heterocycles. The fraction of sp³-hybridized carbons (Fsp3) is 0.562. The summed E-state index contributed by atoms with van der Waals surface area (Å²) in [5.74, 6) is 2.02. The first-order valence-corrected chi connectivity index (χ1v) is 7.40. The maximum Gasteiger partial charge on any atom is 0.308 e. The Morgan fingerprint density at radius 1 is 1.43 bits per heavy atom. The van der Waals surface area contributed by atoms with Gasteiger partial charge in [0.05, 0.1) is 13.0 Å². The lowest BCUT2D eigenvalue weighted by Crippen LogP contribution is -2.22. The van der Waals surface area contributed by atoms with E-state index in [-0.39, 0.29) is 11.9 Å². The first kappa shape index (κ1) is 14.0. The molecule has 0 aliphatic carbocycles. The van der Waals surface area contributed by atoms with Crippen LogP contribution >= 0.6 is 0 Å². The molecule has 21 heavy (non-hydrogen) atoms. The molecule has 2 aliphatic rings. The number of benzene rings is 1. The molecule has 0 radical (unpaired) electrons. The number of esters is 1. The summed E-state index contributed by atoms with van der Waals surface area (Å²) in [6.07, 6.45) is 1.99. The lowest BCUT2D eigenvalue weighted by atomic mass is 9.95. The molecule has 5 nitrogen and oxygen atoms in total. The normalized spacial score (nSPS) is 21.4. The van der Waals surface area contributed by atoms with Crippen molar-refractivity contribution in [3.05, 3.63) is 18.2 Å². The smallest absolute Gasteiger partial charge is 0.308 e. The molecule has 114 valence electrons. The van der Waals surface area contributed by atoms with Gasteiger partial charge in [-0.25, -0.2) is 0 Å². The fourth-order valence-corrected chi connectivity index (χ4v) is 3.14. The van der Waals surface area contributed by atoms with E-state index in [9.17, 15) is 4.79 Å². The zero-order valence-corrected chi connectivity index (χ0v) is 12.5. The predicted molar refractivity (Wildman–Crippen MR) is 78.7 cm³/mol. The van der Waals surface area contributed by atoms with Crippen LogP contribution in [0.4, 0.5) is 5.69 Å². The maximum atomic E-state index is 11.5. The summed E-state index contributed by atoms with van der Waals surface area (Å²) in [6, 6.07) is 6.07. The van der Waals surface area contributed by atoms with Crippen molar-refractivity contribution in [1.29, 1.82) is 0 Å². The molecule has 0 bridgehead atoms. The molecule has 1 aromatic rings. The Morgan fingerprint density at radius 3 is 3.05 bits per heavy atom. The number of methoxy groups -OCH3 is 1. The van der Waals surface area contributed by atoms with Crippen LogP contribution in [0.25, 0.3) is 0 Å². The second-order valence-corrected chi connectivity index (χ2v) is 5.80. The lowest BCUT2D eigenvalue weighted by molar-refractivity contribution is -0.145. The summed E-state index contributed by atoms with van der Waals surface area (Å²) < 4.78 is 15.6. The number of ether oxygens (including phenoxy) is 3. The van der Waals surface area contributed by atoms with Gasteiger partial charge in [0.2, 0.25) is 6.79 Å². The molecule has 5 heteroatoms. The van der Waals surface area contributed by atoms with Crippen LogP contribution in [0.3, 0.4) is 0 Å². The zero-order valence-electron chi connectivity index (χ0n) is 12.5. The van der Waals surface area contributed by atoms with E-state index in [0.29, 0.717) is 12.7 Å². The molecule has 1 aromatic carbocycles. The Labute approximate surface area is 124 Å². The third kappa shape index (κ3) is 2.91. The minimum atomic E-state index is -0.114. The summed E-state index contributed by atoms with van der Waals surface area (Å²) in [7, 11) is 1.45. The molecule has 1 fully saturated rings. The molecule has 0 N–H and O–H groups in total. The van der Waals surface area contributed by atoms with Crippen molar-refractivity contribution in [2.45, 2.75) is 19.8 Å². The van der Waals surface area contributed by atoms with Crippen molar-refractivity contribution in [1.82, 2.24) is 0 Å². The van der Waals surface area contributed by atoms with Crippen LogP contribution < -0.4 is 14.4 Å². The largest absolute Gasteiger partial charge is 0.469 e. The van der Waals surface area contributed by atoms with Crippen molar-refractivity contribution >= 4 is 11.7 Å². The molecular weight excluding hydrogens is 270 g/mol. The maximum absolute atomic E-state index is 11.5. The van der Waals surface area contributed by atoms with Crippen LogP contribution in [-0.4, -0.2) is 33.0 Å². The highest BCUT2D eigenvalue weighted by Crippen LogP contribution is 2.37. The third-order valence-electron chi connectivity index (χ3n) is 4.30. The molecule has 2 atom stereocenters. The topological polar surface area (TPSA) is 48.0 Å². The Bertz CT molecular complexity index is 531. The lowest BCUT2D eigenvalue weighted by Gasteiger charge is -2.20. The zero-order chi connectivity index (χ0) is 14.8. The van der Waals surface area contributed by atoms with Gasteiger partial charge in [-0.05, 0) is 30.9 Å². The third-order valence-corrected chi connectivity index (χ3v) is 4.30. The fourth-order valence-electron chi connectivity index (χ4n) is 3.14. The number of hydrogen-bond donors (Lipinski definition) is 0. The van der Waals surface area contributed by atoms with Crippen LogP contribution in [0.15, 0.2) is 18.2 Å². The van der Waals surface area contributed by atoms with Crippen LogP contribution in [0.1, 0.15) is 19.8 Å². The highest BCUT2D eigenvalue weighted by molar-refractivity contribution is 5.71. The number of carbonyl (C=O) groups is 1. The Morgan fingerprint density at radius 2 is 2.24 bits per heavy atom. The summed E-state index contributed by atoms with van der Waals surface area (Å²) >= 11 is 0. The molecule has 0 aromatic heterocycles. The minimum absolute atomic E-state index is 0.0308. The van der Waals surface area contributed by atoms with Crippen LogP contribution in [0.2, 0.25) is 0 Å². The second kappa shape index (κ2) is 5.84. The molecular formula is C16H21NO4. The molecule has 0 amide bonds. The summed E-state index contributed by atoms with van der Waals surface area (Å²) in [4.78, 5) is 13.9. The van der Waals surface area contributed by atoms with Gasteiger partial charge >= 0.3 is 5.97 Å². The number of anilines is 1. The molecule has 2 aliphatic heterocycles. The van der Waals surface area contributed by atoms with Gasteiger partial charge in [0, 0.05) is 24.8 Å². The molecule has 2 unspecified atom stereocenters. The molecule has 3 rings (SSSR count). The van der Waals surface area contributed by atoms with Gasteiger partial charge < -0.3 is 19.1 Å². The molecule has 2 heterocycles. The predicted octanol–water partition coefficient (Wildman–Crippen LogP) is 2.44. The number of nitrogens with zero attached hydrogens (tertiary/aromatic N) is 1. The van der Waals surface area contributed by atoms with Crippen molar-refractivity contribution in [3.8, 4) is 11.5 Å². The van der Waals surface area contributed by atoms with Gasteiger partial charge in [0.1, 0.15) is 0 Å². The SMILES string of the molecule is COC(=O)C(C)CC1CCN(c2ccc3c(c2)OCO3)C1. The number of fused-ring (bicyclic) bond motifs is 1. The van der Waals surface area contributed by atoms with Gasteiger partial charge in [-0.15, -0.1) is 0 Å². The van der Waals surface area contributed by atoms with Gasteiger partial charge in [-0.1, -0.05) is 6.92 Å². The van der Waals surface area contributed by atoms with Crippen molar-refractivity contribution in [2.24, 2.45) is 11.8 Å². The number of carbonyl (C=O) groups excluding carboxylic acids is 1. The van der Waals surface area contributed by atoms with Gasteiger partial charge in [-0.2, -0.15) is 0 Å². The Hall–Kier alpha value is -1.91. The van der Waals surface area contributed by atoms with E-state index >= 15 is 0 Å². The van der Waals surface area contributed by atoms with Gasteiger partial charge in [-0.3, -0.25) is 4.79 Å². The number of rotatable bonds is 4. The van der Waals surface area contributed by atoms with E-state index in [2.05, 4.69) is 11.0 Å². The Balaban J connectivity index is 1.60. The summed E-state index contributed by atoms with van der Waals surface area (Å²) in [5.41, 5.74) is 1.16. The number of hydrogen-bond acceptors (Lipinski definition) is 5. The summed E-state index contributed by atoms with van der Waals surface area (Å²) in [5, 5.41) is 0. The first-order valence-electron chi connectivity index (χ1n) is 7.40. The molecule has 0 spiro atoms. The van der Waals surface area contributed by atoms with E-state index < -0.39 is 0 Å². The van der Waals surface area contributed by atoms with Crippen LogP contribution in [-0.2, 0) is 9.53 Å². The Kier molecular flexibility index (Phi) is 3.90. The average molecular weight is 291 g/mol. The second-order valence-electron chi connectivity index (χ2n) is 5.80. The monoisotopic (exact) mass is 291 g/mol. The van der Waals surface area contributed by atoms with Crippen molar-refractivity contribution in [2.75, 3.05) is 31.9 Å². The van der Waals surface area contributed by atoms with E-state index in [4.69, 9.17) is 14.2 Å². The van der Waals surface area contributed by atoms with Crippen molar-refractivity contribution < 1.29 is 19.0 Å². The van der Waals surface area contributed by atoms with E-state index in [1.165, 1.54) is 7.11 Å². The minimum Gasteiger partial charge on any atom is -0.469 e. The van der Waals surface area contributed by atoms with Crippen molar-refractivity contribution in [3.63, 3.8) is 0 Å². The summed E-state index contributed by atoms with van der Waals surface area (Å²) in [6.45, 7) is 4.23. The van der Waals surface area contributed by atoms with E-state index in [1.807, 2.05) is 19.1 Å². The van der Waals surface area contributed by atoms with Crippen LogP contribution in [0, 0.1) is 11.8 Å².